The van der Waals surface area contributed by atoms with Crippen molar-refractivity contribution >= 4 is 12.0 Å². The average molecular weight is 333 g/mol. The molecule has 5 heteroatoms. The molecule has 25 heavy (non-hydrogen) atoms. The third kappa shape index (κ3) is 4.35. The lowest BCUT2D eigenvalue weighted by molar-refractivity contribution is -0.116. The fourth-order valence-corrected chi connectivity index (χ4v) is 2.43. The molecule has 0 fully saturated rings. The van der Waals surface area contributed by atoms with Gasteiger partial charge >= 0.3 is 0 Å². The van der Waals surface area contributed by atoms with Gasteiger partial charge in [0.25, 0.3) is 0 Å². The van der Waals surface area contributed by atoms with E-state index in [1.807, 2.05) is 59.3 Å². The van der Waals surface area contributed by atoms with Crippen molar-refractivity contribution in [3.8, 4) is 11.4 Å². The number of carbonyl (C=O) groups excluding carboxylic acids is 1. The number of hydrogen-bond acceptors (Lipinski definition) is 3. The molecule has 0 saturated heterocycles. The zero-order valence-electron chi connectivity index (χ0n) is 13.9. The van der Waals surface area contributed by atoms with Crippen molar-refractivity contribution in [2.75, 3.05) is 7.11 Å². The SMILES string of the molecule is COc1cc(C=CC(=O)NCc2ccccc2)ccc1-n1ccnc1. The van der Waals surface area contributed by atoms with Crippen LogP contribution in [-0.4, -0.2) is 22.6 Å². The molecule has 5 nitrogen and oxygen atoms in total. The van der Waals surface area contributed by atoms with Crippen LogP contribution in [0.25, 0.3) is 11.8 Å². The molecule has 0 aliphatic carbocycles. The predicted octanol–water partition coefficient (Wildman–Crippen LogP) is 3.21. The maximum atomic E-state index is 12.0. The molecular weight excluding hydrogens is 314 g/mol. The van der Waals surface area contributed by atoms with Crippen molar-refractivity contribution in [3.63, 3.8) is 0 Å². The van der Waals surface area contributed by atoms with E-state index in [2.05, 4.69) is 10.3 Å². The smallest absolute Gasteiger partial charge is 0.244 e. The van der Waals surface area contributed by atoms with Gasteiger partial charge in [-0.25, -0.2) is 4.98 Å². The Balaban J connectivity index is 1.65. The highest BCUT2D eigenvalue weighted by Crippen LogP contribution is 2.24. The van der Waals surface area contributed by atoms with Crippen molar-refractivity contribution < 1.29 is 9.53 Å². The molecule has 1 N–H and O–H groups in total. The zero-order valence-corrected chi connectivity index (χ0v) is 13.9. The van der Waals surface area contributed by atoms with Crippen molar-refractivity contribution in [2.45, 2.75) is 6.54 Å². The van der Waals surface area contributed by atoms with Crippen molar-refractivity contribution in [3.05, 3.63) is 84.5 Å². The minimum Gasteiger partial charge on any atom is -0.495 e. The summed E-state index contributed by atoms with van der Waals surface area (Å²) in [5, 5.41) is 2.86. The maximum absolute atomic E-state index is 12.0. The quantitative estimate of drug-likeness (QED) is 0.705. The minimum absolute atomic E-state index is 0.137. The van der Waals surface area contributed by atoms with E-state index in [1.165, 1.54) is 6.08 Å². The standard InChI is InChI=1S/C20H19N3O2/c1-25-19-13-16(7-9-18(19)23-12-11-21-15-23)8-10-20(24)22-14-17-5-3-2-4-6-17/h2-13,15H,14H2,1H3,(H,22,24). The van der Waals surface area contributed by atoms with Crippen LogP contribution >= 0.6 is 0 Å². The van der Waals surface area contributed by atoms with Crippen LogP contribution in [0.15, 0.2) is 73.3 Å². The van der Waals surface area contributed by atoms with E-state index in [1.54, 1.807) is 25.7 Å². The first-order chi connectivity index (χ1) is 12.3. The predicted molar refractivity (Wildman–Crippen MR) is 97.4 cm³/mol. The van der Waals surface area contributed by atoms with E-state index in [0.29, 0.717) is 12.3 Å². The van der Waals surface area contributed by atoms with Gasteiger partial charge in [0, 0.05) is 25.0 Å². The van der Waals surface area contributed by atoms with Gasteiger partial charge in [-0.05, 0) is 29.3 Å². The van der Waals surface area contributed by atoms with Crippen LogP contribution in [0.3, 0.4) is 0 Å². The van der Waals surface area contributed by atoms with Crippen LogP contribution in [0.5, 0.6) is 5.75 Å². The van der Waals surface area contributed by atoms with Gasteiger partial charge in [-0.1, -0.05) is 36.4 Å². The second-order valence-electron chi connectivity index (χ2n) is 5.44. The van der Waals surface area contributed by atoms with E-state index in [-0.39, 0.29) is 5.91 Å². The number of aromatic nitrogens is 2. The van der Waals surface area contributed by atoms with E-state index in [0.717, 1.165) is 16.8 Å². The number of methoxy groups -OCH3 is 1. The van der Waals surface area contributed by atoms with Crippen LogP contribution < -0.4 is 10.1 Å². The van der Waals surface area contributed by atoms with Gasteiger partial charge in [0.05, 0.1) is 19.1 Å². The van der Waals surface area contributed by atoms with Gasteiger partial charge in [-0.15, -0.1) is 0 Å². The van der Waals surface area contributed by atoms with Crippen molar-refractivity contribution in [2.24, 2.45) is 0 Å². The molecule has 2 aromatic carbocycles. The summed E-state index contributed by atoms with van der Waals surface area (Å²) >= 11 is 0. The van der Waals surface area contributed by atoms with Gasteiger partial charge in [0.1, 0.15) is 5.75 Å². The Hall–Kier alpha value is -3.34. The molecule has 0 aliphatic rings. The fourth-order valence-electron chi connectivity index (χ4n) is 2.43. The minimum atomic E-state index is -0.137. The van der Waals surface area contributed by atoms with Crippen LogP contribution in [0.1, 0.15) is 11.1 Å². The zero-order chi connectivity index (χ0) is 17.5. The number of nitrogens with zero attached hydrogens (tertiary/aromatic N) is 2. The van der Waals surface area contributed by atoms with E-state index in [9.17, 15) is 4.79 Å². The number of nitrogens with one attached hydrogen (secondary N) is 1. The number of carbonyl (C=O) groups is 1. The van der Waals surface area contributed by atoms with Crippen LogP contribution in [-0.2, 0) is 11.3 Å². The maximum Gasteiger partial charge on any atom is 0.244 e. The molecule has 0 radical (unpaired) electrons. The van der Waals surface area contributed by atoms with Crippen molar-refractivity contribution in [1.29, 1.82) is 0 Å². The third-order valence-corrected chi connectivity index (χ3v) is 3.72. The Morgan fingerprint density at radius 2 is 2.08 bits per heavy atom. The number of benzene rings is 2. The Kier molecular flexibility index (Phi) is 5.26. The van der Waals surface area contributed by atoms with E-state index in [4.69, 9.17) is 4.74 Å². The fraction of sp³-hybridized carbons (Fsp3) is 0.100. The Bertz CT molecular complexity index is 856. The molecule has 1 amide bonds. The van der Waals surface area contributed by atoms with Crippen LogP contribution in [0.2, 0.25) is 0 Å². The Labute approximate surface area is 146 Å². The van der Waals surface area contributed by atoms with Gasteiger partial charge in [-0.2, -0.15) is 0 Å². The molecule has 126 valence electrons. The highest BCUT2D eigenvalue weighted by molar-refractivity contribution is 5.91. The van der Waals surface area contributed by atoms with Gasteiger partial charge < -0.3 is 14.6 Å². The monoisotopic (exact) mass is 333 g/mol. The third-order valence-electron chi connectivity index (χ3n) is 3.72. The van der Waals surface area contributed by atoms with E-state index < -0.39 is 0 Å². The molecule has 1 aromatic heterocycles. The molecule has 0 aliphatic heterocycles. The molecule has 0 atom stereocenters. The lowest BCUT2D eigenvalue weighted by atomic mass is 10.1. The number of hydrogen-bond donors (Lipinski definition) is 1. The van der Waals surface area contributed by atoms with Crippen LogP contribution in [0.4, 0.5) is 0 Å². The Morgan fingerprint density at radius 1 is 1.24 bits per heavy atom. The molecule has 0 spiro atoms. The average Bonchev–Trinajstić information content (AvgIpc) is 3.19. The topological polar surface area (TPSA) is 56.1 Å². The largest absolute Gasteiger partial charge is 0.495 e. The molecule has 1 heterocycles. The highest BCUT2D eigenvalue weighted by atomic mass is 16.5. The number of amides is 1. The normalized spacial score (nSPS) is 10.8. The van der Waals surface area contributed by atoms with Crippen LogP contribution in [0, 0.1) is 0 Å². The Morgan fingerprint density at radius 3 is 2.80 bits per heavy atom. The summed E-state index contributed by atoms with van der Waals surface area (Å²) in [7, 11) is 1.62. The summed E-state index contributed by atoms with van der Waals surface area (Å²) < 4.78 is 7.31. The van der Waals surface area contributed by atoms with E-state index >= 15 is 0 Å². The molecule has 0 saturated carbocycles. The van der Waals surface area contributed by atoms with Gasteiger partial charge in [-0.3, -0.25) is 4.79 Å². The first-order valence-corrected chi connectivity index (χ1v) is 7.92. The molecule has 3 rings (SSSR count). The van der Waals surface area contributed by atoms with Gasteiger partial charge in [0.15, 0.2) is 0 Å². The summed E-state index contributed by atoms with van der Waals surface area (Å²) in [6, 6.07) is 15.5. The highest BCUT2D eigenvalue weighted by Gasteiger charge is 2.05. The lowest BCUT2D eigenvalue weighted by Gasteiger charge is -2.09. The summed E-state index contributed by atoms with van der Waals surface area (Å²) in [6.07, 6.45) is 8.56. The van der Waals surface area contributed by atoms with Gasteiger partial charge in [0.2, 0.25) is 5.91 Å². The first kappa shape index (κ1) is 16.5. The second-order valence-corrected chi connectivity index (χ2v) is 5.44. The van der Waals surface area contributed by atoms with Crippen molar-refractivity contribution in [1.82, 2.24) is 14.9 Å². The number of rotatable bonds is 6. The summed E-state index contributed by atoms with van der Waals surface area (Å²) in [4.78, 5) is 16.0. The summed E-state index contributed by atoms with van der Waals surface area (Å²) in [6.45, 7) is 0.507. The summed E-state index contributed by atoms with van der Waals surface area (Å²) in [5.41, 5.74) is 2.84. The lowest BCUT2D eigenvalue weighted by Crippen LogP contribution is -2.20. The second kappa shape index (κ2) is 7.97. The first-order valence-electron chi connectivity index (χ1n) is 7.92. The molecule has 3 aromatic rings. The molecule has 0 unspecified atom stereocenters. The molecule has 0 bridgehead atoms. The number of ether oxygens (including phenoxy) is 1. The number of imidazole rings is 1. The molecular formula is C20H19N3O2. The summed E-state index contributed by atoms with van der Waals surface area (Å²) in [5.74, 6) is 0.575.